The van der Waals surface area contributed by atoms with Crippen LogP contribution >= 0.6 is 0 Å². The molecule has 1 rings (SSSR count). The quantitative estimate of drug-likeness (QED) is 0.0553. The third kappa shape index (κ3) is 28.1. The number of aryl methyl sites for hydroxylation is 1. The standard InChI is InChI=1S/C43H78O4S.H3N/c1-4-6-8-10-12-14-16-18-20-22-24-26-28-30-32-34-42(44)43(47-48(45,46)41-38-36-40(3)37-39-41)35-33-31-29-27-25-23-21-19-17-15-13-11-9-7-5-2;/h36-39,43H,4-35H2,1-3H3;1H3. The predicted octanol–water partition coefficient (Wildman–Crippen LogP) is 14.3. The maximum Gasteiger partial charge on any atom is 0.297 e. The maximum atomic E-state index is 13.2. The SMILES string of the molecule is CCCCCCCCCCCCCCCCCC(=O)C(CCCCCCCCCCCCCCCCC)OS(=O)(=O)c1ccc(C)cc1.N. The van der Waals surface area contributed by atoms with Crippen LogP contribution in [0.2, 0.25) is 0 Å². The lowest BCUT2D eigenvalue weighted by Crippen LogP contribution is -2.27. The van der Waals surface area contributed by atoms with Gasteiger partial charge in [-0.2, -0.15) is 8.42 Å². The first kappa shape index (κ1) is 47.8. The van der Waals surface area contributed by atoms with Crippen LogP contribution < -0.4 is 6.15 Å². The summed E-state index contributed by atoms with van der Waals surface area (Å²) in [6, 6.07) is 6.71. The van der Waals surface area contributed by atoms with E-state index in [1.807, 2.05) is 6.92 Å². The van der Waals surface area contributed by atoms with Crippen molar-refractivity contribution in [2.24, 2.45) is 0 Å². The molecular weight excluding hydrogens is 627 g/mol. The van der Waals surface area contributed by atoms with E-state index in [0.29, 0.717) is 12.8 Å². The van der Waals surface area contributed by atoms with Gasteiger partial charge in [-0.3, -0.25) is 8.98 Å². The van der Waals surface area contributed by atoms with Crippen LogP contribution in [0.4, 0.5) is 0 Å². The normalized spacial score (nSPS) is 12.2. The summed E-state index contributed by atoms with van der Waals surface area (Å²) in [5.41, 5.74) is 0.993. The Morgan fingerprint density at radius 2 is 0.816 bits per heavy atom. The van der Waals surface area contributed by atoms with Gasteiger partial charge < -0.3 is 6.15 Å². The number of carbonyl (C=O) groups is 1. The minimum atomic E-state index is -3.97. The minimum absolute atomic E-state index is 0. The lowest BCUT2D eigenvalue weighted by molar-refractivity contribution is -0.126. The molecule has 3 N–H and O–H groups in total. The summed E-state index contributed by atoms with van der Waals surface area (Å²) < 4.78 is 31.8. The lowest BCUT2D eigenvalue weighted by atomic mass is 10.00. The van der Waals surface area contributed by atoms with E-state index < -0.39 is 16.2 Å². The van der Waals surface area contributed by atoms with Gasteiger partial charge in [0.1, 0.15) is 6.10 Å². The molecule has 6 heteroatoms. The van der Waals surface area contributed by atoms with Crippen molar-refractivity contribution in [3.8, 4) is 0 Å². The Hall–Kier alpha value is -1.24. The molecule has 1 aromatic rings. The van der Waals surface area contributed by atoms with Gasteiger partial charge in [-0.15, -0.1) is 0 Å². The molecule has 0 aliphatic carbocycles. The van der Waals surface area contributed by atoms with Gasteiger partial charge >= 0.3 is 0 Å². The van der Waals surface area contributed by atoms with E-state index in [4.69, 9.17) is 4.18 Å². The van der Waals surface area contributed by atoms with Crippen molar-refractivity contribution in [2.75, 3.05) is 0 Å². The fourth-order valence-electron chi connectivity index (χ4n) is 6.71. The maximum absolute atomic E-state index is 13.2. The van der Waals surface area contributed by atoms with Gasteiger partial charge in [-0.05, 0) is 31.9 Å². The third-order valence-electron chi connectivity index (χ3n) is 10.0. The van der Waals surface area contributed by atoms with Gasteiger partial charge in [0.2, 0.25) is 0 Å². The van der Waals surface area contributed by atoms with Crippen molar-refractivity contribution in [1.29, 1.82) is 0 Å². The van der Waals surface area contributed by atoms with Gasteiger partial charge in [0.25, 0.3) is 10.1 Å². The zero-order valence-electron chi connectivity index (χ0n) is 32.8. The minimum Gasteiger partial charge on any atom is -0.344 e. The molecule has 0 radical (unpaired) electrons. The summed E-state index contributed by atoms with van der Waals surface area (Å²) in [5, 5.41) is 0. The average Bonchev–Trinajstić information content (AvgIpc) is 3.07. The van der Waals surface area contributed by atoms with Crippen LogP contribution in [0.15, 0.2) is 29.2 Å². The molecule has 0 saturated carbocycles. The smallest absolute Gasteiger partial charge is 0.297 e. The Morgan fingerprint density at radius 3 is 1.16 bits per heavy atom. The van der Waals surface area contributed by atoms with E-state index in [-0.39, 0.29) is 16.8 Å². The second-order valence-corrected chi connectivity index (χ2v) is 16.3. The molecule has 1 unspecified atom stereocenters. The highest BCUT2D eigenvalue weighted by Gasteiger charge is 2.26. The Bertz CT molecular complexity index is 963. The van der Waals surface area contributed by atoms with Crippen LogP contribution in [0.3, 0.4) is 0 Å². The van der Waals surface area contributed by atoms with Crippen molar-refractivity contribution in [1.82, 2.24) is 6.15 Å². The molecule has 0 saturated heterocycles. The molecule has 0 heterocycles. The van der Waals surface area contributed by atoms with E-state index in [9.17, 15) is 13.2 Å². The predicted molar refractivity (Wildman–Crippen MR) is 212 cm³/mol. The number of rotatable bonds is 36. The molecule has 0 amide bonds. The number of carbonyl (C=O) groups excluding carboxylic acids is 1. The Morgan fingerprint density at radius 1 is 0.510 bits per heavy atom. The zero-order valence-corrected chi connectivity index (χ0v) is 33.6. The van der Waals surface area contributed by atoms with Crippen molar-refractivity contribution < 1.29 is 17.4 Å². The van der Waals surface area contributed by atoms with Crippen molar-refractivity contribution in [3.63, 3.8) is 0 Å². The Balaban J connectivity index is 0.0000230. The van der Waals surface area contributed by atoms with Crippen molar-refractivity contribution >= 4 is 15.9 Å². The number of benzene rings is 1. The Labute approximate surface area is 305 Å². The molecule has 0 bridgehead atoms. The van der Waals surface area contributed by atoms with Crippen LogP contribution in [0.5, 0.6) is 0 Å². The molecule has 0 aromatic heterocycles. The largest absolute Gasteiger partial charge is 0.344 e. The first-order valence-corrected chi connectivity index (χ1v) is 22.3. The molecule has 0 aliphatic heterocycles. The van der Waals surface area contributed by atoms with Gasteiger partial charge in [0, 0.05) is 6.42 Å². The number of hydrogen-bond donors (Lipinski definition) is 1. The van der Waals surface area contributed by atoms with E-state index in [0.717, 1.165) is 44.1 Å². The average molecular weight is 708 g/mol. The lowest BCUT2D eigenvalue weighted by Gasteiger charge is -2.17. The van der Waals surface area contributed by atoms with E-state index in [1.165, 1.54) is 154 Å². The van der Waals surface area contributed by atoms with Crippen LogP contribution in [0.1, 0.15) is 225 Å². The van der Waals surface area contributed by atoms with Crippen molar-refractivity contribution in [3.05, 3.63) is 29.8 Å². The highest BCUT2D eigenvalue weighted by Crippen LogP contribution is 2.22. The van der Waals surface area contributed by atoms with Crippen molar-refractivity contribution in [2.45, 2.75) is 237 Å². The number of ketones is 1. The molecule has 1 aromatic carbocycles. The van der Waals surface area contributed by atoms with Gasteiger partial charge in [-0.25, -0.2) is 0 Å². The summed E-state index contributed by atoms with van der Waals surface area (Å²) >= 11 is 0. The molecule has 0 fully saturated rings. The number of unbranched alkanes of at least 4 members (excludes halogenated alkanes) is 28. The van der Waals surface area contributed by atoms with Crippen LogP contribution in [0.25, 0.3) is 0 Å². The monoisotopic (exact) mass is 708 g/mol. The molecule has 0 aliphatic rings. The third-order valence-corrected chi connectivity index (χ3v) is 11.3. The number of Topliss-reactive ketones (excluding diaryl/α,β-unsaturated/α-hetero) is 1. The summed E-state index contributed by atoms with van der Waals surface area (Å²) in [7, 11) is -3.97. The molecule has 5 nitrogen and oxygen atoms in total. The van der Waals surface area contributed by atoms with Crippen LogP contribution in [0, 0.1) is 6.92 Å². The zero-order chi connectivity index (χ0) is 35.0. The highest BCUT2D eigenvalue weighted by molar-refractivity contribution is 7.86. The fourth-order valence-corrected chi connectivity index (χ4v) is 7.80. The van der Waals surface area contributed by atoms with E-state index >= 15 is 0 Å². The molecule has 49 heavy (non-hydrogen) atoms. The summed E-state index contributed by atoms with van der Waals surface area (Å²) in [6.07, 6.45) is 38.5. The summed E-state index contributed by atoms with van der Waals surface area (Å²) in [6.45, 7) is 6.47. The molecule has 0 spiro atoms. The molecule has 1 atom stereocenters. The Kier molecular flexibility index (Phi) is 33.0. The van der Waals surface area contributed by atoms with Gasteiger partial charge in [-0.1, -0.05) is 218 Å². The fraction of sp³-hybridized carbons (Fsp3) is 0.837. The van der Waals surface area contributed by atoms with Gasteiger partial charge in [0.15, 0.2) is 5.78 Å². The first-order chi connectivity index (χ1) is 23.4. The first-order valence-electron chi connectivity index (χ1n) is 20.9. The van der Waals surface area contributed by atoms with E-state index in [1.54, 1.807) is 24.3 Å². The van der Waals surface area contributed by atoms with Crippen LogP contribution in [-0.4, -0.2) is 20.3 Å². The summed E-state index contributed by atoms with van der Waals surface area (Å²) in [5.74, 6) is -0.0502. The van der Waals surface area contributed by atoms with E-state index in [2.05, 4.69) is 13.8 Å². The number of hydrogen-bond acceptors (Lipinski definition) is 5. The highest BCUT2D eigenvalue weighted by atomic mass is 32.2. The molecular formula is C43H81NO4S. The second kappa shape index (κ2) is 33.9. The molecule has 288 valence electrons. The van der Waals surface area contributed by atoms with Crippen LogP contribution in [-0.2, 0) is 19.1 Å². The summed E-state index contributed by atoms with van der Waals surface area (Å²) in [4.78, 5) is 13.4. The second-order valence-electron chi connectivity index (χ2n) is 14.8. The topological polar surface area (TPSA) is 95.4 Å². The van der Waals surface area contributed by atoms with Gasteiger partial charge in [0.05, 0.1) is 4.90 Å².